The fourth-order valence-electron chi connectivity index (χ4n) is 6.41. The third-order valence-corrected chi connectivity index (χ3v) is 9.00. The van der Waals surface area contributed by atoms with Gasteiger partial charge < -0.3 is 32.1 Å². The number of rotatable bonds is 17. The van der Waals surface area contributed by atoms with Crippen LogP contribution in [0.2, 0.25) is 0 Å². The van der Waals surface area contributed by atoms with E-state index in [9.17, 15) is 43.5 Å². The zero-order chi connectivity index (χ0) is 36.4. The van der Waals surface area contributed by atoms with E-state index in [1.807, 2.05) is 42.5 Å². The maximum Gasteiger partial charge on any atom is 0.312 e. The number of carbonyl (C=O) groups is 8. The van der Waals surface area contributed by atoms with Crippen molar-refractivity contribution in [2.24, 2.45) is 17.4 Å². The number of hydrogen-bond donors (Lipinski definition) is 5. The molecule has 0 aliphatic carbocycles. The van der Waals surface area contributed by atoms with Crippen LogP contribution >= 0.6 is 0 Å². The molecule has 0 bridgehead atoms. The number of benzene rings is 2. The van der Waals surface area contributed by atoms with Crippen LogP contribution in [-0.2, 0) is 40.0 Å². The molecule has 4 atom stereocenters. The van der Waals surface area contributed by atoms with Crippen molar-refractivity contribution < 1.29 is 43.5 Å². The number of likely N-dealkylation sites (tertiary alicyclic amines) is 1. The Balaban J connectivity index is 1.58. The first-order valence-corrected chi connectivity index (χ1v) is 16.6. The van der Waals surface area contributed by atoms with Crippen molar-refractivity contribution in [3.63, 3.8) is 0 Å². The molecule has 4 rings (SSSR count). The number of carboxylic acids is 1. The van der Waals surface area contributed by atoms with Crippen LogP contribution in [0.4, 0.5) is 4.79 Å². The van der Waals surface area contributed by atoms with Crippen molar-refractivity contribution >= 4 is 58.1 Å². The molecular formula is C35H42N6O9. The van der Waals surface area contributed by atoms with Gasteiger partial charge in [0.15, 0.2) is 5.78 Å². The van der Waals surface area contributed by atoms with Crippen LogP contribution in [0.5, 0.6) is 0 Å². The van der Waals surface area contributed by atoms with Crippen LogP contribution in [0.25, 0.3) is 10.8 Å². The van der Waals surface area contributed by atoms with E-state index in [1.54, 1.807) is 0 Å². The number of imide groups is 1. The first-order valence-electron chi connectivity index (χ1n) is 16.6. The summed E-state index contributed by atoms with van der Waals surface area (Å²) in [5.74, 6) is -6.20. The SMILES string of the molecule is NC(=O)NCCC[C@H](CC(=O)[C@H](Cc1ccc2ccccc2c1)NC(=O)[C@@H]1CCCCN1C(=O)[C@H](CCC(=O)O)N1C(=O)C=CC1=O)C(N)=O. The minimum absolute atomic E-state index is 0.0640. The van der Waals surface area contributed by atoms with Crippen LogP contribution in [0, 0.1) is 5.92 Å². The average molecular weight is 691 g/mol. The molecule has 7 N–H and O–H groups in total. The number of fused-ring (bicyclic) bond motifs is 1. The molecule has 2 aliphatic heterocycles. The number of ketones is 1. The molecule has 1 saturated heterocycles. The summed E-state index contributed by atoms with van der Waals surface area (Å²) in [5.41, 5.74) is 11.5. The summed E-state index contributed by atoms with van der Waals surface area (Å²) in [7, 11) is 0. The van der Waals surface area contributed by atoms with E-state index < -0.39 is 77.8 Å². The Hall–Kier alpha value is -5.60. The number of nitrogens with two attached hydrogens (primary N) is 2. The Labute approximate surface area is 288 Å². The molecule has 0 aromatic heterocycles. The van der Waals surface area contributed by atoms with Gasteiger partial charge >= 0.3 is 12.0 Å². The summed E-state index contributed by atoms with van der Waals surface area (Å²) < 4.78 is 0. The van der Waals surface area contributed by atoms with Gasteiger partial charge in [0.25, 0.3) is 11.8 Å². The predicted molar refractivity (Wildman–Crippen MR) is 180 cm³/mol. The van der Waals surface area contributed by atoms with Gasteiger partial charge in [-0.15, -0.1) is 0 Å². The monoisotopic (exact) mass is 690 g/mol. The van der Waals surface area contributed by atoms with Crippen molar-refractivity contribution in [2.45, 2.75) is 75.9 Å². The second-order valence-electron chi connectivity index (χ2n) is 12.5. The predicted octanol–water partition coefficient (Wildman–Crippen LogP) is 0.916. The van der Waals surface area contributed by atoms with Gasteiger partial charge in [0, 0.05) is 44.0 Å². The smallest absolute Gasteiger partial charge is 0.312 e. The molecule has 1 fully saturated rings. The highest BCUT2D eigenvalue weighted by atomic mass is 16.4. The van der Waals surface area contributed by atoms with Gasteiger partial charge in [-0.1, -0.05) is 42.5 Å². The fraction of sp³-hybridized carbons (Fsp3) is 0.429. The Kier molecular flexibility index (Phi) is 12.8. The summed E-state index contributed by atoms with van der Waals surface area (Å²) in [5, 5.41) is 16.4. The van der Waals surface area contributed by atoms with Gasteiger partial charge in [0.1, 0.15) is 12.1 Å². The van der Waals surface area contributed by atoms with Crippen LogP contribution < -0.4 is 22.1 Å². The zero-order valence-electron chi connectivity index (χ0n) is 27.5. The lowest BCUT2D eigenvalue weighted by atomic mass is 9.90. The van der Waals surface area contributed by atoms with E-state index in [2.05, 4.69) is 10.6 Å². The van der Waals surface area contributed by atoms with Crippen molar-refractivity contribution in [3.8, 4) is 0 Å². The molecule has 2 heterocycles. The number of aliphatic carboxylic acids is 1. The van der Waals surface area contributed by atoms with E-state index in [1.165, 1.54) is 4.90 Å². The largest absolute Gasteiger partial charge is 0.481 e. The molecular weight excluding hydrogens is 648 g/mol. The highest BCUT2D eigenvalue weighted by molar-refractivity contribution is 6.15. The number of hydrogen-bond acceptors (Lipinski definition) is 8. The summed E-state index contributed by atoms with van der Waals surface area (Å²) in [4.78, 5) is 104. The van der Waals surface area contributed by atoms with Gasteiger partial charge in [-0.2, -0.15) is 0 Å². The average Bonchev–Trinajstić information content (AvgIpc) is 3.42. The Morgan fingerprint density at radius 2 is 1.62 bits per heavy atom. The Morgan fingerprint density at radius 1 is 0.920 bits per heavy atom. The summed E-state index contributed by atoms with van der Waals surface area (Å²) in [6, 6.07) is 8.86. The lowest BCUT2D eigenvalue weighted by molar-refractivity contribution is -0.154. The number of piperidine rings is 1. The molecule has 266 valence electrons. The first kappa shape index (κ1) is 37.2. The van der Waals surface area contributed by atoms with Gasteiger partial charge in [-0.25, -0.2) is 4.79 Å². The number of amides is 7. The Bertz CT molecular complexity index is 1670. The van der Waals surface area contributed by atoms with Crippen LogP contribution in [0.1, 0.15) is 56.9 Å². The number of nitrogens with one attached hydrogen (secondary N) is 2. The maximum atomic E-state index is 14.0. The molecule has 50 heavy (non-hydrogen) atoms. The molecule has 0 unspecified atom stereocenters. The second kappa shape index (κ2) is 17.2. The zero-order valence-corrected chi connectivity index (χ0v) is 27.5. The molecule has 2 aromatic carbocycles. The molecule has 15 heteroatoms. The topological polar surface area (TPSA) is 239 Å². The number of primary amides is 2. The quantitative estimate of drug-likeness (QED) is 0.117. The fourth-order valence-corrected chi connectivity index (χ4v) is 6.41. The van der Waals surface area contributed by atoms with Gasteiger partial charge in [0.2, 0.25) is 17.7 Å². The van der Waals surface area contributed by atoms with Crippen LogP contribution in [0.15, 0.2) is 54.6 Å². The normalized spacial score (nSPS) is 17.6. The number of urea groups is 1. The number of carboxylic acid groups (broad SMARTS) is 1. The van der Waals surface area contributed by atoms with E-state index in [-0.39, 0.29) is 45.2 Å². The summed E-state index contributed by atoms with van der Waals surface area (Å²) in [6.45, 7) is 0.283. The summed E-state index contributed by atoms with van der Waals surface area (Å²) >= 11 is 0. The van der Waals surface area contributed by atoms with Gasteiger partial charge in [0.05, 0.1) is 6.04 Å². The molecule has 0 radical (unpaired) electrons. The lowest BCUT2D eigenvalue weighted by Crippen LogP contribution is -2.59. The van der Waals surface area contributed by atoms with E-state index >= 15 is 0 Å². The summed E-state index contributed by atoms with van der Waals surface area (Å²) in [6.07, 6.45) is 2.75. The second-order valence-corrected chi connectivity index (χ2v) is 12.5. The standard InChI is InChI=1S/C35H42N6O9/c36-32(47)24(8-5-16-38-35(37)50)20-28(42)25(19-21-10-11-22-6-1-2-7-23(22)18-21)39-33(48)26-9-3-4-17-40(26)34(49)27(12-15-31(45)46)41-29(43)13-14-30(41)44/h1-2,6-7,10-11,13-14,18,24-27H,3-5,8-9,12,15-17,19-20H2,(H2,36,47)(H,39,48)(H,45,46)(H3,37,38,50)/t24-,25+,26+,27+/m1/s1. The lowest BCUT2D eigenvalue weighted by Gasteiger charge is -2.39. The van der Waals surface area contributed by atoms with E-state index in [0.717, 1.165) is 28.5 Å². The minimum Gasteiger partial charge on any atom is -0.481 e. The van der Waals surface area contributed by atoms with E-state index in [4.69, 9.17) is 11.5 Å². The van der Waals surface area contributed by atoms with E-state index in [0.29, 0.717) is 24.2 Å². The van der Waals surface area contributed by atoms with Crippen LogP contribution in [-0.4, -0.2) is 93.4 Å². The molecule has 2 aliphatic rings. The maximum absolute atomic E-state index is 14.0. The number of nitrogens with zero attached hydrogens (tertiary/aromatic N) is 2. The highest BCUT2D eigenvalue weighted by Crippen LogP contribution is 2.24. The Morgan fingerprint density at radius 3 is 2.28 bits per heavy atom. The highest BCUT2D eigenvalue weighted by Gasteiger charge is 2.42. The van der Waals surface area contributed by atoms with Crippen molar-refractivity contribution in [2.75, 3.05) is 13.1 Å². The number of Topliss-reactive ketones (excluding diaryl/α,β-unsaturated/α-hetero) is 1. The van der Waals surface area contributed by atoms with Gasteiger partial charge in [-0.3, -0.25) is 38.5 Å². The molecule has 0 spiro atoms. The molecule has 7 amide bonds. The minimum atomic E-state index is -1.44. The molecule has 15 nitrogen and oxygen atoms in total. The first-order chi connectivity index (χ1) is 23.8. The van der Waals surface area contributed by atoms with Crippen molar-refractivity contribution in [3.05, 3.63) is 60.2 Å². The third-order valence-electron chi connectivity index (χ3n) is 9.00. The van der Waals surface area contributed by atoms with Crippen molar-refractivity contribution in [1.82, 2.24) is 20.4 Å². The van der Waals surface area contributed by atoms with Crippen molar-refractivity contribution in [1.29, 1.82) is 0 Å². The number of carbonyl (C=O) groups excluding carboxylic acids is 7. The molecule has 0 saturated carbocycles. The van der Waals surface area contributed by atoms with Gasteiger partial charge in [-0.05, 0) is 61.3 Å². The third kappa shape index (κ3) is 9.74. The van der Waals surface area contributed by atoms with Crippen LogP contribution in [0.3, 0.4) is 0 Å². The molecule has 2 aromatic rings.